The predicted octanol–water partition coefficient (Wildman–Crippen LogP) is 5.93. The van der Waals surface area contributed by atoms with Crippen molar-refractivity contribution in [1.82, 2.24) is 9.38 Å². The molecule has 9 heteroatoms. The number of nitrogens with one attached hydrogen (secondary N) is 1. The number of imidazole rings is 1. The van der Waals surface area contributed by atoms with Crippen molar-refractivity contribution in [3.63, 3.8) is 0 Å². The Morgan fingerprint density at radius 3 is 2.52 bits per heavy atom. The number of alkyl halides is 3. The van der Waals surface area contributed by atoms with Crippen LogP contribution in [0.25, 0.3) is 16.9 Å². The zero-order valence-electron chi connectivity index (χ0n) is 16.1. The molecule has 2 aromatic carbocycles. The van der Waals surface area contributed by atoms with Crippen LogP contribution in [0.15, 0.2) is 67.0 Å². The maximum atomic E-state index is 13.0. The first-order valence-corrected chi connectivity index (χ1v) is 9.44. The van der Waals surface area contributed by atoms with Crippen molar-refractivity contribution >= 4 is 28.8 Å². The van der Waals surface area contributed by atoms with Crippen molar-refractivity contribution in [2.75, 3.05) is 12.4 Å². The first kappa shape index (κ1) is 20.7. The van der Waals surface area contributed by atoms with E-state index in [1.165, 1.54) is 17.7 Å². The van der Waals surface area contributed by atoms with Crippen LogP contribution in [0.5, 0.6) is 5.75 Å². The molecule has 0 radical (unpaired) electrons. The summed E-state index contributed by atoms with van der Waals surface area (Å²) >= 11 is 6.01. The number of amides is 1. The highest BCUT2D eigenvalue weighted by atomic mass is 35.5. The molecule has 1 N–H and O–H groups in total. The van der Waals surface area contributed by atoms with E-state index in [0.717, 1.165) is 12.3 Å². The summed E-state index contributed by atoms with van der Waals surface area (Å²) in [6, 6.07) is 14.3. The number of anilines is 1. The highest BCUT2D eigenvalue weighted by molar-refractivity contribution is 6.33. The summed E-state index contributed by atoms with van der Waals surface area (Å²) < 4.78 is 45.4. The maximum absolute atomic E-state index is 13.0. The van der Waals surface area contributed by atoms with Gasteiger partial charge in [-0.3, -0.25) is 4.79 Å². The zero-order chi connectivity index (χ0) is 22.2. The van der Waals surface area contributed by atoms with E-state index in [-0.39, 0.29) is 16.6 Å². The standard InChI is InChI=1S/C22H15ClF3N3O2/c1-31-17-7-5-13(6-8-17)21(30)27-16-4-2-3-14(9-16)19-12-29-11-15(22(24,25)26)10-18(23)20(29)28-19/h2-12H,1H3,(H,27,30). The van der Waals surface area contributed by atoms with Gasteiger partial charge in [0.25, 0.3) is 5.91 Å². The van der Waals surface area contributed by atoms with Crippen LogP contribution in [0.1, 0.15) is 15.9 Å². The second-order valence-electron chi connectivity index (χ2n) is 6.69. The quantitative estimate of drug-likeness (QED) is 0.423. The van der Waals surface area contributed by atoms with E-state index in [1.807, 2.05) is 0 Å². The topological polar surface area (TPSA) is 55.6 Å². The number of hydrogen-bond acceptors (Lipinski definition) is 3. The fourth-order valence-electron chi connectivity index (χ4n) is 3.05. The predicted molar refractivity (Wildman–Crippen MR) is 112 cm³/mol. The lowest BCUT2D eigenvalue weighted by Crippen LogP contribution is -2.11. The number of methoxy groups -OCH3 is 1. The van der Waals surface area contributed by atoms with Crippen LogP contribution >= 0.6 is 11.6 Å². The lowest BCUT2D eigenvalue weighted by atomic mass is 10.1. The molecule has 0 atom stereocenters. The second kappa shape index (κ2) is 7.96. The summed E-state index contributed by atoms with van der Waals surface area (Å²) in [6.07, 6.45) is -2.12. The molecule has 4 aromatic rings. The van der Waals surface area contributed by atoms with Crippen LogP contribution in [-0.4, -0.2) is 22.4 Å². The highest BCUT2D eigenvalue weighted by Crippen LogP contribution is 2.33. The number of carbonyl (C=O) groups is 1. The third kappa shape index (κ3) is 4.34. The van der Waals surface area contributed by atoms with Gasteiger partial charge in [0.15, 0.2) is 5.65 Å². The van der Waals surface area contributed by atoms with Crippen LogP contribution in [0.4, 0.5) is 18.9 Å². The molecule has 5 nitrogen and oxygen atoms in total. The number of pyridine rings is 1. The molecule has 0 aliphatic heterocycles. The largest absolute Gasteiger partial charge is 0.497 e. The highest BCUT2D eigenvalue weighted by Gasteiger charge is 2.32. The summed E-state index contributed by atoms with van der Waals surface area (Å²) in [6.45, 7) is 0. The van der Waals surface area contributed by atoms with Crippen LogP contribution in [0, 0.1) is 0 Å². The summed E-state index contributed by atoms with van der Waals surface area (Å²) in [5.74, 6) is 0.324. The Bertz CT molecular complexity index is 1270. The van der Waals surface area contributed by atoms with Gasteiger partial charge in [-0.15, -0.1) is 0 Å². The number of carbonyl (C=O) groups excluding carboxylic acids is 1. The average molecular weight is 446 g/mol. The van der Waals surface area contributed by atoms with Gasteiger partial charge in [0.05, 0.1) is 23.4 Å². The van der Waals surface area contributed by atoms with Crippen molar-refractivity contribution in [2.45, 2.75) is 6.18 Å². The van der Waals surface area contributed by atoms with Gasteiger partial charge in [0, 0.05) is 29.2 Å². The van der Waals surface area contributed by atoms with Crippen LogP contribution < -0.4 is 10.1 Å². The molecule has 31 heavy (non-hydrogen) atoms. The van der Waals surface area contributed by atoms with Crippen LogP contribution in [0.3, 0.4) is 0 Å². The molecule has 0 fully saturated rings. The van der Waals surface area contributed by atoms with E-state index in [9.17, 15) is 18.0 Å². The molecule has 158 valence electrons. The van der Waals surface area contributed by atoms with E-state index in [2.05, 4.69) is 10.3 Å². The lowest BCUT2D eigenvalue weighted by Gasteiger charge is -2.07. The van der Waals surface area contributed by atoms with Crippen molar-refractivity contribution in [3.8, 4) is 17.0 Å². The number of nitrogens with zero attached hydrogens (tertiary/aromatic N) is 2. The second-order valence-corrected chi connectivity index (χ2v) is 7.10. The number of hydrogen-bond donors (Lipinski definition) is 1. The molecular weight excluding hydrogens is 431 g/mol. The van der Waals surface area contributed by atoms with E-state index in [0.29, 0.717) is 28.3 Å². The fraction of sp³-hybridized carbons (Fsp3) is 0.0909. The molecule has 4 rings (SSSR count). The van der Waals surface area contributed by atoms with Crippen molar-refractivity contribution in [3.05, 3.63) is 83.1 Å². The Hall–Kier alpha value is -3.52. The SMILES string of the molecule is COc1ccc(C(=O)Nc2cccc(-c3cn4cc(C(F)(F)F)cc(Cl)c4n3)c2)cc1. The minimum Gasteiger partial charge on any atom is -0.497 e. The molecule has 0 aliphatic rings. The number of benzene rings is 2. The summed E-state index contributed by atoms with van der Waals surface area (Å²) in [5.41, 5.74) is 1.33. The van der Waals surface area contributed by atoms with Gasteiger partial charge in [-0.25, -0.2) is 4.98 Å². The number of fused-ring (bicyclic) bond motifs is 1. The minimum atomic E-state index is -4.52. The van der Waals surface area contributed by atoms with Gasteiger partial charge < -0.3 is 14.5 Å². The Balaban J connectivity index is 1.62. The number of aromatic nitrogens is 2. The number of halogens is 4. The molecule has 0 spiro atoms. The van der Waals surface area contributed by atoms with E-state index in [1.54, 1.807) is 48.5 Å². The molecule has 2 aromatic heterocycles. The Labute approximate surface area is 180 Å². The fourth-order valence-corrected chi connectivity index (χ4v) is 3.31. The summed E-state index contributed by atoms with van der Waals surface area (Å²) in [5, 5.41) is 2.68. The lowest BCUT2D eigenvalue weighted by molar-refractivity contribution is -0.137. The Morgan fingerprint density at radius 1 is 1.10 bits per heavy atom. The minimum absolute atomic E-state index is 0.106. The summed E-state index contributed by atoms with van der Waals surface area (Å²) in [4.78, 5) is 16.8. The van der Waals surface area contributed by atoms with Crippen molar-refractivity contribution in [2.24, 2.45) is 0 Å². The zero-order valence-corrected chi connectivity index (χ0v) is 16.8. The molecule has 0 unspecified atom stereocenters. The Kier molecular flexibility index (Phi) is 5.32. The molecule has 0 saturated heterocycles. The molecular formula is C22H15ClF3N3O2. The first-order valence-electron chi connectivity index (χ1n) is 9.06. The van der Waals surface area contributed by atoms with E-state index < -0.39 is 11.7 Å². The van der Waals surface area contributed by atoms with Gasteiger partial charge in [0.1, 0.15) is 5.75 Å². The van der Waals surface area contributed by atoms with Gasteiger partial charge in [0.2, 0.25) is 0 Å². The van der Waals surface area contributed by atoms with Crippen LogP contribution in [0.2, 0.25) is 5.02 Å². The third-order valence-corrected chi connectivity index (χ3v) is 4.88. The number of ether oxygens (including phenoxy) is 1. The molecule has 0 saturated carbocycles. The molecule has 2 heterocycles. The van der Waals surface area contributed by atoms with Crippen LogP contribution in [-0.2, 0) is 6.18 Å². The van der Waals surface area contributed by atoms with Gasteiger partial charge in [-0.05, 0) is 42.5 Å². The van der Waals surface area contributed by atoms with E-state index in [4.69, 9.17) is 16.3 Å². The van der Waals surface area contributed by atoms with Crippen molar-refractivity contribution < 1.29 is 22.7 Å². The smallest absolute Gasteiger partial charge is 0.417 e. The normalized spacial score (nSPS) is 11.5. The summed E-state index contributed by atoms with van der Waals surface area (Å²) in [7, 11) is 1.54. The molecule has 0 aliphatic carbocycles. The Morgan fingerprint density at radius 2 is 1.84 bits per heavy atom. The average Bonchev–Trinajstić information content (AvgIpc) is 3.18. The van der Waals surface area contributed by atoms with Gasteiger partial charge in [-0.1, -0.05) is 23.7 Å². The van der Waals surface area contributed by atoms with E-state index >= 15 is 0 Å². The number of rotatable bonds is 4. The first-order chi connectivity index (χ1) is 14.7. The van der Waals surface area contributed by atoms with Gasteiger partial charge in [-0.2, -0.15) is 13.2 Å². The monoisotopic (exact) mass is 445 g/mol. The molecule has 0 bridgehead atoms. The van der Waals surface area contributed by atoms with Gasteiger partial charge >= 0.3 is 6.18 Å². The van der Waals surface area contributed by atoms with Crippen molar-refractivity contribution in [1.29, 1.82) is 0 Å². The third-order valence-electron chi connectivity index (χ3n) is 4.60. The molecule has 1 amide bonds. The maximum Gasteiger partial charge on any atom is 0.417 e.